The standard InChI is InChI=1S/C22H25N5O3S/c1-16-21(27(29)30)17(2)26(23-16)14-18-3-5-20(6-4-18)22(28)25-10-8-24(9-11-25)13-19-7-12-31-15-19/h3-7,12,15H,8-11,13-14H2,1-2H3. The van der Waals surface area contributed by atoms with Gasteiger partial charge >= 0.3 is 5.69 Å². The summed E-state index contributed by atoms with van der Waals surface area (Å²) in [6.45, 7) is 7.89. The van der Waals surface area contributed by atoms with Crippen LogP contribution in [0.15, 0.2) is 41.1 Å². The molecule has 0 aliphatic carbocycles. The Bertz CT molecular complexity index is 1070. The van der Waals surface area contributed by atoms with Crippen LogP contribution >= 0.6 is 11.3 Å². The maximum Gasteiger partial charge on any atom is 0.312 e. The van der Waals surface area contributed by atoms with Crippen molar-refractivity contribution in [3.05, 3.63) is 79.3 Å². The predicted molar refractivity (Wildman–Crippen MR) is 119 cm³/mol. The molecule has 1 aliphatic heterocycles. The van der Waals surface area contributed by atoms with Gasteiger partial charge < -0.3 is 4.90 Å². The molecular weight excluding hydrogens is 414 g/mol. The van der Waals surface area contributed by atoms with Crippen molar-refractivity contribution < 1.29 is 9.72 Å². The quantitative estimate of drug-likeness (QED) is 0.434. The number of carbonyl (C=O) groups is 1. The molecule has 0 spiro atoms. The smallest absolute Gasteiger partial charge is 0.312 e. The van der Waals surface area contributed by atoms with E-state index in [9.17, 15) is 14.9 Å². The molecule has 1 amide bonds. The highest BCUT2D eigenvalue weighted by atomic mass is 32.1. The average Bonchev–Trinajstić information content (AvgIpc) is 3.36. The molecular formula is C22H25N5O3S. The molecule has 2 aromatic heterocycles. The van der Waals surface area contributed by atoms with Gasteiger partial charge in [-0.2, -0.15) is 16.4 Å². The highest BCUT2D eigenvalue weighted by Gasteiger charge is 2.23. The Hall–Kier alpha value is -3.04. The van der Waals surface area contributed by atoms with Crippen molar-refractivity contribution in [2.75, 3.05) is 26.2 Å². The highest BCUT2D eigenvalue weighted by molar-refractivity contribution is 7.07. The minimum Gasteiger partial charge on any atom is -0.336 e. The van der Waals surface area contributed by atoms with E-state index in [1.165, 1.54) is 5.56 Å². The number of aryl methyl sites for hydroxylation is 1. The van der Waals surface area contributed by atoms with Crippen molar-refractivity contribution >= 4 is 22.9 Å². The topological polar surface area (TPSA) is 84.5 Å². The van der Waals surface area contributed by atoms with Crippen molar-refractivity contribution in [2.24, 2.45) is 0 Å². The van der Waals surface area contributed by atoms with Gasteiger partial charge in [-0.3, -0.25) is 24.5 Å². The van der Waals surface area contributed by atoms with E-state index in [2.05, 4.69) is 26.8 Å². The van der Waals surface area contributed by atoms with Gasteiger partial charge in [0.25, 0.3) is 5.91 Å². The molecule has 0 bridgehead atoms. The number of aromatic nitrogens is 2. The Morgan fingerprint density at radius 1 is 1.06 bits per heavy atom. The summed E-state index contributed by atoms with van der Waals surface area (Å²) < 4.78 is 1.64. The summed E-state index contributed by atoms with van der Waals surface area (Å²) in [5.74, 6) is 0.0449. The molecule has 0 N–H and O–H groups in total. The highest BCUT2D eigenvalue weighted by Crippen LogP contribution is 2.23. The summed E-state index contributed by atoms with van der Waals surface area (Å²) in [5, 5.41) is 19.7. The van der Waals surface area contributed by atoms with E-state index in [1.807, 2.05) is 29.2 Å². The molecule has 0 unspecified atom stereocenters. The van der Waals surface area contributed by atoms with Gasteiger partial charge in [-0.15, -0.1) is 0 Å². The molecule has 0 radical (unpaired) electrons. The van der Waals surface area contributed by atoms with Crippen LogP contribution in [-0.4, -0.2) is 56.6 Å². The molecule has 1 fully saturated rings. The second-order valence-corrected chi connectivity index (χ2v) is 8.61. The lowest BCUT2D eigenvalue weighted by atomic mass is 10.1. The van der Waals surface area contributed by atoms with E-state index in [4.69, 9.17) is 0 Å². The van der Waals surface area contributed by atoms with Gasteiger partial charge in [0, 0.05) is 38.3 Å². The Morgan fingerprint density at radius 2 is 1.77 bits per heavy atom. The van der Waals surface area contributed by atoms with Crippen molar-refractivity contribution in [1.29, 1.82) is 0 Å². The second-order valence-electron chi connectivity index (χ2n) is 7.83. The van der Waals surface area contributed by atoms with Gasteiger partial charge in [0.1, 0.15) is 11.4 Å². The number of benzene rings is 1. The Balaban J connectivity index is 1.36. The average molecular weight is 440 g/mol. The number of nitrogens with zero attached hydrogens (tertiary/aromatic N) is 5. The van der Waals surface area contributed by atoms with Crippen LogP contribution in [0.3, 0.4) is 0 Å². The van der Waals surface area contributed by atoms with Crippen LogP contribution in [-0.2, 0) is 13.1 Å². The zero-order chi connectivity index (χ0) is 22.0. The molecule has 9 heteroatoms. The Morgan fingerprint density at radius 3 is 2.35 bits per heavy atom. The van der Waals surface area contributed by atoms with Crippen molar-refractivity contribution in [3.63, 3.8) is 0 Å². The lowest BCUT2D eigenvalue weighted by Crippen LogP contribution is -2.48. The van der Waals surface area contributed by atoms with E-state index in [1.54, 1.807) is 29.9 Å². The van der Waals surface area contributed by atoms with Crippen LogP contribution in [0, 0.1) is 24.0 Å². The van der Waals surface area contributed by atoms with Crippen LogP contribution < -0.4 is 0 Å². The van der Waals surface area contributed by atoms with E-state index in [-0.39, 0.29) is 11.6 Å². The SMILES string of the molecule is Cc1nn(Cc2ccc(C(=O)N3CCN(Cc4ccsc4)CC3)cc2)c(C)c1[N+](=O)[O-]. The molecule has 3 aromatic rings. The van der Waals surface area contributed by atoms with E-state index in [0.29, 0.717) is 23.5 Å². The molecule has 1 saturated heterocycles. The second kappa shape index (κ2) is 8.99. The minimum absolute atomic E-state index is 0.0449. The number of hydrogen-bond donors (Lipinski definition) is 0. The molecule has 4 rings (SSSR count). The van der Waals surface area contributed by atoms with Gasteiger partial charge in [-0.05, 0) is 53.9 Å². The fourth-order valence-electron chi connectivity index (χ4n) is 3.96. The summed E-state index contributed by atoms with van der Waals surface area (Å²) >= 11 is 1.71. The third kappa shape index (κ3) is 4.67. The number of rotatable bonds is 6. The number of piperazine rings is 1. The summed E-state index contributed by atoms with van der Waals surface area (Å²) in [4.78, 5) is 28.0. The Kier molecular flexibility index (Phi) is 6.15. The zero-order valence-corrected chi connectivity index (χ0v) is 18.5. The van der Waals surface area contributed by atoms with E-state index < -0.39 is 4.92 Å². The summed E-state index contributed by atoms with van der Waals surface area (Å²) in [7, 11) is 0. The monoisotopic (exact) mass is 439 g/mol. The molecule has 1 aliphatic rings. The normalized spacial score (nSPS) is 14.7. The number of hydrogen-bond acceptors (Lipinski definition) is 6. The molecule has 162 valence electrons. The molecule has 3 heterocycles. The van der Waals surface area contributed by atoms with Crippen LogP contribution in [0.5, 0.6) is 0 Å². The lowest BCUT2D eigenvalue weighted by molar-refractivity contribution is -0.386. The first kappa shape index (κ1) is 21.2. The van der Waals surface area contributed by atoms with Gasteiger partial charge in [0.05, 0.1) is 11.5 Å². The van der Waals surface area contributed by atoms with Gasteiger partial charge in [-0.25, -0.2) is 0 Å². The van der Waals surface area contributed by atoms with Gasteiger partial charge in [0.2, 0.25) is 0 Å². The maximum atomic E-state index is 12.9. The first-order valence-corrected chi connectivity index (χ1v) is 11.2. The van der Waals surface area contributed by atoms with Crippen LogP contribution in [0.25, 0.3) is 0 Å². The molecule has 0 atom stereocenters. The first-order chi connectivity index (χ1) is 14.9. The zero-order valence-electron chi connectivity index (χ0n) is 17.7. The largest absolute Gasteiger partial charge is 0.336 e. The predicted octanol–water partition coefficient (Wildman–Crippen LogP) is 3.48. The van der Waals surface area contributed by atoms with Gasteiger partial charge in [-0.1, -0.05) is 12.1 Å². The van der Waals surface area contributed by atoms with Crippen molar-refractivity contribution in [1.82, 2.24) is 19.6 Å². The van der Waals surface area contributed by atoms with Crippen molar-refractivity contribution in [3.8, 4) is 0 Å². The third-order valence-corrected chi connectivity index (χ3v) is 6.44. The van der Waals surface area contributed by atoms with E-state index >= 15 is 0 Å². The summed E-state index contributed by atoms with van der Waals surface area (Å²) in [6, 6.07) is 9.59. The maximum absolute atomic E-state index is 12.9. The summed E-state index contributed by atoms with van der Waals surface area (Å²) in [6.07, 6.45) is 0. The number of carbonyl (C=O) groups excluding carboxylic acids is 1. The fraction of sp³-hybridized carbons (Fsp3) is 0.364. The molecule has 31 heavy (non-hydrogen) atoms. The minimum atomic E-state index is -0.393. The van der Waals surface area contributed by atoms with Crippen LogP contribution in [0.4, 0.5) is 5.69 Å². The van der Waals surface area contributed by atoms with Crippen LogP contribution in [0.1, 0.15) is 32.9 Å². The number of nitro groups is 1. The number of amides is 1. The molecule has 0 saturated carbocycles. The third-order valence-electron chi connectivity index (χ3n) is 5.70. The number of thiophene rings is 1. The Labute approximate surface area is 184 Å². The lowest BCUT2D eigenvalue weighted by Gasteiger charge is -2.34. The van der Waals surface area contributed by atoms with Crippen LogP contribution in [0.2, 0.25) is 0 Å². The summed E-state index contributed by atoms with van der Waals surface area (Å²) in [5.41, 5.74) is 3.93. The molecule has 8 nitrogen and oxygen atoms in total. The fourth-order valence-corrected chi connectivity index (χ4v) is 4.62. The van der Waals surface area contributed by atoms with Gasteiger partial charge in [0.15, 0.2) is 0 Å². The van der Waals surface area contributed by atoms with Crippen molar-refractivity contribution in [2.45, 2.75) is 26.9 Å². The molecule has 1 aromatic carbocycles. The first-order valence-electron chi connectivity index (χ1n) is 10.2. The van der Waals surface area contributed by atoms with E-state index in [0.717, 1.165) is 38.3 Å².